The Morgan fingerprint density at radius 3 is 2.85 bits per heavy atom. The van der Waals surface area contributed by atoms with E-state index in [0.717, 1.165) is 20.9 Å². The molecule has 2 fully saturated rings. The molecule has 2 saturated heterocycles. The average molecular weight is 566 g/mol. The highest BCUT2D eigenvalue weighted by molar-refractivity contribution is 9.10. The molecule has 0 radical (unpaired) electrons. The van der Waals surface area contributed by atoms with Gasteiger partial charge in [-0.05, 0) is 46.1 Å². The number of aromatic nitrogens is 4. The highest BCUT2D eigenvalue weighted by Crippen LogP contribution is 2.45. The molecule has 0 bridgehead atoms. The molecule has 8 nitrogen and oxygen atoms in total. The van der Waals surface area contributed by atoms with Crippen molar-refractivity contribution in [2.75, 3.05) is 6.61 Å². The van der Waals surface area contributed by atoms with Gasteiger partial charge in [0.05, 0.1) is 28.1 Å². The lowest BCUT2D eigenvalue weighted by molar-refractivity contribution is -0.103. The molecule has 2 aliphatic heterocycles. The van der Waals surface area contributed by atoms with Gasteiger partial charge in [-0.25, -0.2) is 15.0 Å². The molecular weight excluding hydrogens is 547 g/mol. The topological polar surface area (TPSA) is 103 Å². The number of ether oxygens (including phenoxy) is 2. The van der Waals surface area contributed by atoms with Gasteiger partial charge in [-0.2, -0.15) is 0 Å². The monoisotopic (exact) mass is 564 g/mol. The van der Waals surface area contributed by atoms with Crippen molar-refractivity contribution in [3.8, 4) is 0 Å². The van der Waals surface area contributed by atoms with Crippen molar-refractivity contribution in [3.63, 3.8) is 0 Å². The molecule has 5 heterocycles. The Morgan fingerprint density at radius 2 is 2.00 bits per heavy atom. The zero-order chi connectivity index (χ0) is 23.6. The predicted octanol–water partition coefficient (Wildman–Crippen LogP) is 4.07. The predicted molar refractivity (Wildman–Crippen MR) is 130 cm³/mol. The Morgan fingerprint density at radius 1 is 1.15 bits per heavy atom. The largest absolute Gasteiger partial charge is 0.387 e. The third kappa shape index (κ3) is 3.62. The maximum atomic E-state index is 11.0. The number of pyridine rings is 1. The van der Waals surface area contributed by atoms with Gasteiger partial charge in [-0.1, -0.05) is 35.3 Å². The van der Waals surface area contributed by atoms with Gasteiger partial charge >= 0.3 is 0 Å². The second-order valence-corrected chi connectivity index (χ2v) is 10.3. The van der Waals surface area contributed by atoms with E-state index >= 15 is 0 Å². The normalized spacial score (nSPS) is 29.1. The lowest BCUT2D eigenvalue weighted by atomic mass is 9.90. The quantitative estimate of drug-likeness (QED) is 0.285. The van der Waals surface area contributed by atoms with E-state index < -0.39 is 24.0 Å². The van der Waals surface area contributed by atoms with Crippen LogP contribution >= 0.6 is 39.1 Å². The number of nitrogens with zero attached hydrogens (tertiary/aromatic N) is 4. The van der Waals surface area contributed by atoms with Gasteiger partial charge < -0.3 is 24.3 Å². The Bertz CT molecular complexity index is 1420. The third-order valence-electron chi connectivity index (χ3n) is 6.64. The zero-order valence-corrected chi connectivity index (χ0v) is 20.7. The van der Waals surface area contributed by atoms with E-state index in [9.17, 15) is 10.2 Å². The summed E-state index contributed by atoms with van der Waals surface area (Å²) in [5, 5.41) is 24.2. The molecule has 34 heavy (non-hydrogen) atoms. The number of fused-ring (bicyclic) bond motifs is 2. The van der Waals surface area contributed by atoms with Crippen LogP contribution in [-0.2, 0) is 15.9 Å². The van der Waals surface area contributed by atoms with Gasteiger partial charge in [-0.15, -0.1) is 0 Å². The van der Waals surface area contributed by atoms with Crippen molar-refractivity contribution in [3.05, 3.63) is 63.2 Å². The first-order valence-electron chi connectivity index (χ1n) is 10.7. The fourth-order valence-electron chi connectivity index (χ4n) is 4.95. The number of halogens is 3. The van der Waals surface area contributed by atoms with Gasteiger partial charge in [0.1, 0.15) is 40.1 Å². The summed E-state index contributed by atoms with van der Waals surface area (Å²) < 4.78 is 14.8. The van der Waals surface area contributed by atoms with E-state index in [1.54, 1.807) is 16.8 Å². The number of aliphatic hydroxyl groups is 2. The van der Waals surface area contributed by atoms with Crippen LogP contribution in [0.4, 0.5) is 0 Å². The first-order valence-corrected chi connectivity index (χ1v) is 12.3. The van der Waals surface area contributed by atoms with Crippen molar-refractivity contribution in [1.29, 1.82) is 0 Å². The summed E-state index contributed by atoms with van der Waals surface area (Å²) in [6, 6.07) is 9.70. The van der Waals surface area contributed by atoms with E-state index in [4.69, 9.17) is 32.7 Å². The molecule has 0 amide bonds. The highest BCUT2D eigenvalue weighted by atomic mass is 79.9. The highest BCUT2D eigenvalue weighted by Gasteiger charge is 2.58. The van der Waals surface area contributed by atoms with Crippen molar-refractivity contribution in [2.24, 2.45) is 0 Å². The standard InChI is InChI=1S/C23H19BrCl2N4O4/c24-15-7-12-2-1-11(6-16(12)29-20(15)26)5-13-8-23(9-33-13)18(32)17(31)22(34-23)30-4-3-14-19(25)27-10-28-21(14)30/h1-4,6-7,10,13,17-18,22,31-32H,5,8-9H2. The minimum absolute atomic E-state index is 0.173. The number of benzene rings is 1. The molecular formula is C23H19BrCl2N4O4. The smallest absolute Gasteiger partial charge is 0.164 e. The van der Waals surface area contributed by atoms with Gasteiger partial charge in [0.25, 0.3) is 0 Å². The molecule has 0 aliphatic carbocycles. The Labute approximate surface area is 212 Å². The molecule has 5 unspecified atom stereocenters. The summed E-state index contributed by atoms with van der Waals surface area (Å²) in [5.41, 5.74) is 1.34. The molecule has 1 spiro atoms. The second kappa shape index (κ2) is 8.37. The lowest BCUT2D eigenvalue weighted by Crippen LogP contribution is -2.43. The minimum Gasteiger partial charge on any atom is -0.387 e. The van der Waals surface area contributed by atoms with E-state index in [1.807, 2.05) is 24.3 Å². The summed E-state index contributed by atoms with van der Waals surface area (Å²) in [4.78, 5) is 12.7. The Kier molecular flexibility index (Phi) is 5.57. The van der Waals surface area contributed by atoms with E-state index in [1.165, 1.54) is 6.33 Å². The van der Waals surface area contributed by atoms with E-state index in [-0.39, 0.29) is 12.7 Å². The molecule has 3 aromatic heterocycles. The van der Waals surface area contributed by atoms with Crippen LogP contribution in [0.2, 0.25) is 10.3 Å². The van der Waals surface area contributed by atoms with Crippen LogP contribution in [0, 0.1) is 0 Å². The fraction of sp³-hybridized carbons (Fsp3) is 0.348. The Balaban J connectivity index is 1.23. The third-order valence-corrected chi connectivity index (χ3v) is 8.06. The van der Waals surface area contributed by atoms with Crippen LogP contribution in [0.25, 0.3) is 21.9 Å². The first-order chi connectivity index (χ1) is 16.3. The number of hydrogen-bond acceptors (Lipinski definition) is 7. The summed E-state index contributed by atoms with van der Waals surface area (Å²) in [6.45, 7) is 0.173. The van der Waals surface area contributed by atoms with Gasteiger partial charge in [0, 0.05) is 18.0 Å². The van der Waals surface area contributed by atoms with E-state index in [0.29, 0.717) is 34.2 Å². The SMILES string of the molecule is OC1C(n2ccc3c(Cl)ncnc32)OC2(COC(Cc3ccc4cc(Br)c(Cl)nc4c3)C2)C1O. The Hall–Kier alpha value is -1.85. The molecule has 176 valence electrons. The van der Waals surface area contributed by atoms with Crippen molar-refractivity contribution < 1.29 is 19.7 Å². The maximum Gasteiger partial charge on any atom is 0.164 e. The first kappa shape index (κ1) is 22.6. The van der Waals surface area contributed by atoms with Crippen molar-refractivity contribution in [1.82, 2.24) is 19.5 Å². The summed E-state index contributed by atoms with van der Waals surface area (Å²) >= 11 is 15.7. The molecule has 1 aromatic carbocycles. The van der Waals surface area contributed by atoms with Crippen LogP contribution in [0.5, 0.6) is 0 Å². The molecule has 6 rings (SSSR count). The minimum atomic E-state index is -1.16. The van der Waals surface area contributed by atoms with Gasteiger partial charge in [0.15, 0.2) is 6.23 Å². The lowest BCUT2D eigenvalue weighted by Gasteiger charge is -2.25. The van der Waals surface area contributed by atoms with Crippen LogP contribution in [0.3, 0.4) is 0 Å². The maximum absolute atomic E-state index is 11.0. The average Bonchev–Trinajstić information content (AvgIpc) is 3.49. The second-order valence-electron chi connectivity index (χ2n) is 8.76. The van der Waals surface area contributed by atoms with Crippen LogP contribution in [0.15, 0.2) is 47.3 Å². The van der Waals surface area contributed by atoms with Crippen LogP contribution < -0.4 is 0 Å². The molecule has 2 N–H and O–H groups in total. The molecule has 0 saturated carbocycles. The summed E-state index contributed by atoms with van der Waals surface area (Å²) in [6.07, 6.45) is 0.831. The number of aliphatic hydroxyl groups excluding tert-OH is 2. The molecule has 4 aromatic rings. The summed E-state index contributed by atoms with van der Waals surface area (Å²) in [5.74, 6) is 0. The number of hydrogen-bond donors (Lipinski definition) is 2. The summed E-state index contributed by atoms with van der Waals surface area (Å²) in [7, 11) is 0. The van der Waals surface area contributed by atoms with E-state index in [2.05, 4.69) is 30.9 Å². The molecule has 2 aliphatic rings. The molecule has 11 heteroatoms. The van der Waals surface area contributed by atoms with Gasteiger partial charge in [-0.3, -0.25) is 0 Å². The van der Waals surface area contributed by atoms with Crippen LogP contribution in [0.1, 0.15) is 18.2 Å². The number of rotatable bonds is 3. The fourth-order valence-corrected chi connectivity index (χ4v) is 5.62. The van der Waals surface area contributed by atoms with Crippen molar-refractivity contribution in [2.45, 2.75) is 43.0 Å². The van der Waals surface area contributed by atoms with Gasteiger partial charge in [0.2, 0.25) is 0 Å². The molecule has 5 atom stereocenters. The van der Waals surface area contributed by atoms with Crippen molar-refractivity contribution >= 4 is 61.1 Å². The van der Waals surface area contributed by atoms with Crippen LogP contribution in [-0.4, -0.2) is 60.3 Å². The zero-order valence-electron chi connectivity index (χ0n) is 17.6.